The Kier molecular flexibility index (Phi) is 9.44. The zero-order valence-electron chi connectivity index (χ0n) is 30.4. The molecule has 0 saturated heterocycles. The molecule has 0 amide bonds. The normalized spacial score (nSPS) is 19.0. The van der Waals surface area contributed by atoms with E-state index in [4.69, 9.17) is 4.42 Å². The van der Waals surface area contributed by atoms with Gasteiger partial charge in [-0.15, -0.1) is 6.58 Å². The number of allylic oxidation sites excluding steroid dienone is 7. The summed E-state index contributed by atoms with van der Waals surface area (Å²) < 4.78 is 9.05. The molecule has 3 heteroatoms. The van der Waals surface area contributed by atoms with Crippen LogP contribution in [0, 0.1) is 25.7 Å². The molecule has 2 aromatic heterocycles. The minimum atomic E-state index is -0.156. The largest absolute Gasteiger partial charge is 0.439 e. The Bertz CT molecular complexity index is 2440. The van der Waals surface area contributed by atoms with Crippen LogP contribution in [0.3, 0.4) is 0 Å². The second-order valence-electron chi connectivity index (χ2n) is 13.8. The highest BCUT2D eigenvalue weighted by Crippen LogP contribution is 2.42. The van der Waals surface area contributed by atoms with Gasteiger partial charge in [-0.25, -0.2) is 0 Å². The number of aryl methyl sites for hydroxylation is 2. The maximum absolute atomic E-state index is 6.79. The Morgan fingerprint density at radius 1 is 0.941 bits per heavy atom. The molecule has 1 aliphatic heterocycles. The molecule has 0 fully saturated rings. The van der Waals surface area contributed by atoms with E-state index in [1.807, 2.05) is 13.0 Å². The van der Waals surface area contributed by atoms with Gasteiger partial charge >= 0.3 is 0 Å². The number of furan rings is 1. The summed E-state index contributed by atoms with van der Waals surface area (Å²) in [5.74, 6) is 7.01. The molecule has 0 bridgehead atoms. The lowest BCUT2D eigenvalue weighted by molar-refractivity contribution is 0.551. The predicted octanol–water partition coefficient (Wildman–Crippen LogP) is 12.9. The lowest BCUT2D eigenvalue weighted by Gasteiger charge is -2.37. The van der Waals surface area contributed by atoms with E-state index in [-0.39, 0.29) is 18.0 Å². The molecule has 3 nitrogen and oxygen atoms in total. The van der Waals surface area contributed by atoms with Gasteiger partial charge in [0.25, 0.3) is 0 Å². The first-order chi connectivity index (χ1) is 24.8. The zero-order chi connectivity index (χ0) is 35.6. The average molecular weight is 667 g/mol. The molecule has 0 spiro atoms. The number of rotatable bonds is 6. The van der Waals surface area contributed by atoms with Crippen molar-refractivity contribution in [2.45, 2.75) is 65.5 Å². The van der Waals surface area contributed by atoms with Crippen molar-refractivity contribution in [2.75, 3.05) is 4.90 Å². The number of hydrogen-bond acceptors (Lipinski definition) is 2. The molecule has 3 heterocycles. The Hall–Kier alpha value is -5.72. The van der Waals surface area contributed by atoms with Crippen molar-refractivity contribution < 1.29 is 4.42 Å². The number of anilines is 1. The molecule has 4 aromatic carbocycles. The zero-order valence-corrected chi connectivity index (χ0v) is 30.4. The van der Waals surface area contributed by atoms with Crippen LogP contribution in [0.4, 0.5) is 5.69 Å². The summed E-state index contributed by atoms with van der Waals surface area (Å²) in [5, 5.41) is 3.43. The molecular formula is C48H46N2O. The van der Waals surface area contributed by atoms with Crippen molar-refractivity contribution in [2.24, 2.45) is 0 Å². The van der Waals surface area contributed by atoms with Crippen LogP contribution in [0.2, 0.25) is 0 Å². The van der Waals surface area contributed by atoms with Crippen molar-refractivity contribution in [1.82, 2.24) is 4.57 Å². The minimum Gasteiger partial charge on any atom is -0.439 e. The van der Waals surface area contributed by atoms with Crippen molar-refractivity contribution in [3.8, 4) is 23.0 Å². The van der Waals surface area contributed by atoms with Crippen molar-refractivity contribution in [1.29, 1.82) is 0 Å². The summed E-state index contributed by atoms with van der Waals surface area (Å²) in [7, 11) is 0. The summed E-state index contributed by atoms with van der Waals surface area (Å²) in [4.78, 5) is 2.40. The molecule has 51 heavy (non-hydrogen) atoms. The van der Waals surface area contributed by atoms with E-state index in [1.54, 1.807) is 0 Å². The van der Waals surface area contributed by atoms with Gasteiger partial charge in [0, 0.05) is 40.5 Å². The molecule has 0 N–H and O–H groups in total. The van der Waals surface area contributed by atoms with Gasteiger partial charge in [-0.2, -0.15) is 0 Å². The summed E-state index contributed by atoms with van der Waals surface area (Å²) >= 11 is 0. The fraction of sp³-hybridized carbons (Fsp3) is 0.208. The molecule has 254 valence electrons. The molecular weight excluding hydrogens is 621 g/mol. The Morgan fingerprint density at radius 3 is 2.47 bits per heavy atom. The van der Waals surface area contributed by atoms with E-state index >= 15 is 0 Å². The van der Waals surface area contributed by atoms with Gasteiger partial charge in [-0.05, 0) is 111 Å². The maximum Gasteiger partial charge on any atom is 0.210 e. The highest BCUT2D eigenvalue weighted by atomic mass is 16.3. The van der Waals surface area contributed by atoms with Gasteiger partial charge in [0.05, 0.1) is 10.9 Å². The van der Waals surface area contributed by atoms with Gasteiger partial charge < -0.3 is 9.32 Å². The highest BCUT2D eigenvalue weighted by molar-refractivity contribution is 6.19. The van der Waals surface area contributed by atoms with E-state index in [0.29, 0.717) is 6.42 Å². The number of fused-ring (bicyclic) bond motifs is 5. The summed E-state index contributed by atoms with van der Waals surface area (Å²) in [6.07, 6.45) is 14.4. The van der Waals surface area contributed by atoms with Gasteiger partial charge in [-0.1, -0.05) is 103 Å². The Balaban J connectivity index is 1.30. The number of nitrogens with zero attached hydrogens (tertiary/aromatic N) is 2. The van der Waals surface area contributed by atoms with Crippen molar-refractivity contribution in [3.63, 3.8) is 0 Å². The molecule has 3 atom stereocenters. The topological polar surface area (TPSA) is 21.3 Å². The van der Waals surface area contributed by atoms with Gasteiger partial charge in [0.1, 0.15) is 11.6 Å². The van der Waals surface area contributed by atoms with Crippen LogP contribution in [0.1, 0.15) is 62.3 Å². The standard InChI is InChI=1S/C48H46N2O/c1-8-10-12-18-39(16-9-2)50-45-29-33(4)22-25-43(45)47-44-27-24-38(31-46(44)51-48(47)50)37-23-26-41(34(5)30-37)42-21-15-17-32(3)28-35(6)49(36(42)7)40-19-13-11-14-20-40/h8-9,11,13-17,19-20,22-31,36,39,42H,1,6,10,21H2,2-5,7H3/b16-9-,17-15-,32-28-. The number of benzene rings is 4. The van der Waals surface area contributed by atoms with Crippen LogP contribution in [0.5, 0.6) is 0 Å². The lowest BCUT2D eigenvalue weighted by atomic mass is 9.84. The number of hydrogen-bond donors (Lipinski definition) is 0. The van der Waals surface area contributed by atoms with Crippen LogP contribution in [0.15, 0.2) is 150 Å². The predicted molar refractivity (Wildman–Crippen MR) is 218 cm³/mol. The van der Waals surface area contributed by atoms with E-state index in [2.05, 4.69) is 177 Å². The van der Waals surface area contributed by atoms with Crippen molar-refractivity contribution in [3.05, 3.63) is 163 Å². The van der Waals surface area contributed by atoms with E-state index in [1.165, 1.54) is 33.2 Å². The second kappa shape index (κ2) is 14.3. The fourth-order valence-electron chi connectivity index (χ4n) is 7.81. The van der Waals surface area contributed by atoms with Crippen LogP contribution in [-0.4, -0.2) is 10.6 Å². The Labute approximate surface area is 302 Å². The quantitative estimate of drug-likeness (QED) is 0.130. The Morgan fingerprint density at radius 2 is 1.71 bits per heavy atom. The molecule has 1 aliphatic rings. The highest BCUT2D eigenvalue weighted by Gasteiger charge is 2.28. The smallest absolute Gasteiger partial charge is 0.210 e. The molecule has 0 radical (unpaired) electrons. The SMILES string of the molecule is C=CCC#CC(/C=C\C)n1c2cc(C)ccc2c2c3ccc(-c4ccc(C5C/C=C\C(C)=C/C(=C)N(c6ccccc6)C5C)c(C)c4)cc3oc21. The van der Waals surface area contributed by atoms with Gasteiger partial charge in [-0.3, -0.25) is 4.57 Å². The van der Waals surface area contributed by atoms with Gasteiger partial charge in [0.15, 0.2) is 0 Å². The van der Waals surface area contributed by atoms with E-state index < -0.39 is 0 Å². The number of para-hydroxylation sites is 1. The third kappa shape index (κ3) is 6.39. The fourth-order valence-corrected chi connectivity index (χ4v) is 7.81. The van der Waals surface area contributed by atoms with Crippen LogP contribution in [0.25, 0.3) is 44.1 Å². The monoisotopic (exact) mass is 666 g/mol. The summed E-state index contributed by atoms with van der Waals surface area (Å²) in [5.41, 5.74) is 12.4. The number of aromatic nitrogens is 1. The molecule has 0 saturated carbocycles. The molecule has 3 unspecified atom stereocenters. The maximum atomic E-state index is 6.79. The molecule has 0 aliphatic carbocycles. The van der Waals surface area contributed by atoms with Crippen LogP contribution < -0.4 is 4.90 Å². The first-order valence-corrected chi connectivity index (χ1v) is 18.0. The summed E-state index contributed by atoms with van der Waals surface area (Å²) in [6, 6.07) is 30.9. The minimum absolute atomic E-state index is 0.156. The second-order valence-corrected chi connectivity index (χ2v) is 13.8. The lowest BCUT2D eigenvalue weighted by Crippen LogP contribution is -2.36. The summed E-state index contributed by atoms with van der Waals surface area (Å²) in [6.45, 7) is 19.3. The van der Waals surface area contributed by atoms with Crippen LogP contribution >= 0.6 is 0 Å². The van der Waals surface area contributed by atoms with E-state index in [0.717, 1.165) is 51.0 Å². The molecule has 6 aromatic rings. The van der Waals surface area contributed by atoms with E-state index in [9.17, 15) is 0 Å². The first kappa shape index (κ1) is 33.8. The van der Waals surface area contributed by atoms with Gasteiger partial charge in [0.2, 0.25) is 5.71 Å². The van der Waals surface area contributed by atoms with Crippen LogP contribution in [-0.2, 0) is 0 Å². The first-order valence-electron chi connectivity index (χ1n) is 18.0. The third-order valence-electron chi connectivity index (χ3n) is 10.2. The third-order valence-corrected chi connectivity index (χ3v) is 10.2. The average Bonchev–Trinajstić information content (AvgIpc) is 3.64. The molecule has 7 rings (SSSR count). The van der Waals surface area contributed by atoms with Crippen molar-refractivity contribution >= 4 is 38.7 Å².